The Bertz CT molecular complexity index is 659. The zero-order chi connectivity index (χ0) is 12.2. The molecular weight excluding hydrogens is 286 g/mol. The molecule has 0 aromatic carbocycles. The number of pyridine rings is 1. The van der Waals surface area contributed by atoms with E-state index in [0.29, 0.717) is 6.54 Å². The fourth-order valence-corrected chi connectivity index (χ4v) is 2.73. The molecule has 0 unspecified atom stereocenters. The Hall–Kier alpha value is -1.63. The fourth-order valence-electron chi connectivity index (χ4n) is 2.11. The van der Waals surface area contributed by atoms with Crippen LogP contribution in [0.5, 0.6) is 0 Å². The van der Waals surface area contributed by atoms with E-state index >= 15 is 0 Å². The summed E-state index contributed by atoms with van der Waals surface area (Å²) in [6.45, 7) is 0.603. The van der Waals surface area contributed by atoms with E-state index in [-0.39, 0.29) is 5.69 Å². The molecule has 6 nitrogen and oxygen atoms in total. The van der Waals surface area contributed by atoms with Crippen LogP contribution in [-0.4, -0.2) is 26.4 Å². The zero-order valence-electron chi connectivity index (χ0n) is 9.38. The van der Waals surface area contributed by atoms with Crippen LogP contribution in [0.3, 0.4) is 0 Å². The molecular formula is C10H10BrN5O. The Morgan fingerprint density at radius 1 is 1.35 bits per heavy atom. The molecule has 2 aromatic rings. The topological polar surface area (TPSA) is 56.0 Å². The number of anilines is 1. The van der Waals surface area contributed by atoms with Crippen molar-refractivity contribution in [1.29, 1.82) is 0 Å². The minimum atomic E-state index is -0.144. The van der Waals surface area contributed by atoms with E-state index in [2.05, 4.69) is 26.0 Å². The average molecular weight is 296 g/mol. The van der Waals surface area contributed by atoms with Crippen LogP contribution in [0.2, 0.25) is 0 Å². The summed E-state index contributed by atoms with van der Waals surface area (Å²) in [6.07, 6.45) is 3.41. The molecule has 1 aliphatic heterocycles. The Balaban J connectivity index is 2.40. The molecule has 88 valence electrons. The van der Waals surface area contributed by atoms with Crippen molar-refractivity contribution >= 4 is 21.6 Å². The first kappa shape index (κ1) is 10.5. The lowest BCUT2D eigenvalue weighted by atomic mass is 10.2. The fraction of sp³-hybridized carbons (Fsp3) is 0.300. The SMILES string of the molecule is CN1Cc2nn(C)c(=O)n2-c2cncc(Br)c21. The van der Waals surface area contributed by atoms with Crippen LogP contribution in [0.1, 0.15) is 5.82 Å². The quantitative estimate of drug-likeness (QED) is 0.717. The highest BCUT2D eigenvalue weighted by molar-refractivity contribution is 9.10. The van der Waals surface area contributed by atoms with E-state index in [4.69, 9.17) is 0 Å². The van der Waals surface area contributed by atoms with E-state index in [1.807, 2.05) is 11.9 Å². The van der Waals surface area contributed by atoms with Crippen LogP contribution in [-0.2, 0) is 13.6 Å². The largest absolute Gasteiger partial charge is 0.364 e. The van der Waals surface area contributed by atoms with Gasteiger partial charge in [0.2, 0.25) is 0 Å². The first-order valence-corrected chi connectivity index (χ1v) is 5.89. The summed E-state index contributed by atoms with van der Waals surface area (Å²) in [7, 11) is 3.62. The minimum Gasteiger partial charge on any atom is -0.364 e. The normalized spacial score (nSPS) is 13.5. The molecule has 0 atom stereocenters. The van der Waals surface area contributed by atoms with Crippen molar-refractivity contribution < 1.29 is 0 Å². The summed E-state index contributed by atoms with van der Waals surface area (Å²) in [4.78, 5) is 18.2. The summed E-state index contributed by atoms with van der Waals surface area (Å²) in [6, 6.07) is 0. The summed E-state index contributed by atoms with van der Waals surface area (Å²) in [5.41, 5.74) is 1.58. The Morgan fingerprint density at radius 2 is 2.12 bits per heavy atom. The van der Waals surface area contributed by atoms with Crippen LogP contribution in [0.25, 0.3) is 5.69 Å². The molecule has 3 heterocycles. The van der Waals surface area contributed by atoms with Crippen molar-refractivity contribution in [2.75, 3.05) is 11.9 Å². The second-order valence-corrected chi connectivity index (χ2v) is 4.86. The first-order valence-electron chi connectivity index (χ1n) is 5.09. The maximum atomic E-state index is 12.0. The molecule has 1 aliphatic rings. The third kappa shape index (κ3) is 1.35. The maximum Gasteiger partial charge on any atom is 0.350 e. The average Bonchev–Trinajstić information content (AvgIpc) is 2.54. The molecule has 0 radical (unpaired) electrons. The number of fused-ring (bicyclic) bond motifs is 3. The van der Waals surface area contributed by atoms with E-state index in [1.54, 1.807) is 24.0 Å². The predicted molar refractivity (Wildman–Crippen MR) is 66.4 cm³/mol. The lowest BCUT2D eigenvalue weighted by Crippen LogP contribution is -2.31. The van der Waals surface area contributed by atoms with Gasteiger partial charge in [0.1, 0.15) is 0 Å². The number of hydrogen-bond acceptors (Lipinski definition) is 4. The summed E-state index contributed by atoms with van der Waals surface area (Å²) in [5, 5.41) is 4.21. The summed E-state index contributed by atoms with van der Waals surface area (Å²) in [5.74, 6) is 0.729. The summed E-state index contributed by atoms with van der Waals surface area (Å²) < 4.78 is 3.82. The van der Waals surface area contributed by atoms with Crippen LogP contribution >= 0.6 is 15.9 Å². The molecule has 3 rings (SSSR count). The molecule has 0 spiro atoms. The lowest BCUT2D eigenvalue weighted by Gasteiger charge is -2.27. The number of halogens is 1. The van der Waals surface area contributed by atoms with Gasteiger partial charge < -0.3 is 4.90 Å². The van der Waals surface area contributed by atoms with E-state index in [9.17, 15) is 4.79 Å². The van der Waals surface area contributed by atoms with Gasteiger partial charge in [-0.25, -0.2) is 14.0 Å². The van der Waals surface area contributed by atoms with Gasteiger partial charge in [-0.05, 0) is 15.9 Å². The highest BCUT2D eigenvalue weighted by atomic mass is 79.9. The molecule has 0 bridgehead atoms. The van der Waals surface area contributed by atoms with Crippen molar-refractivity contribution in [3.8, 4) is 5.69 Å². The molecule has 7 heteroatoms. The predicted octanol–water partition coefficient (Wildman–Crippen LogP) is 0.678. The molecule has 0 saturated carbocycles. The van der Waals surface area contributed by atoms with Crippen LogP contribution in [0.4, 0.5) is 5.69 Å². The lowest BCUT2D eigenvalue weighted by molar-refractivity contribution is 0.714. The van der Waals surface area contributed by atoms with Crippen molar-refractivity contribution in [3.63, 3.8) is 0 Å². The van der Waals surface area contributed by atoms with E-state index in [0.717, 1.165) is 21.7 Å². The van der Waals surface area contributed by atoms with Crippen molar-refractivity contribution in [2.45, 2.75) is 6.54 Å². The van der Waals surface area contributed by atoms with Crippen molar-refractivity contribution in [1.82, 2.24) is 19.3 Å². The zero-order valence-corrected chi connectivity index (χ0v) is 11.0. The Morgan fingerprint density at radius 3 is 2.88 bits per heavy atom. The highest BCUT2D eigenvalue weighted by Gasteiger charge is 2.25. The van der Waals surface area contributed by atoms with Gasteiger partial charge in [0, 0.05) is 20.3 Å². The van der Waals surface area contributed by atoms with E-state index < -0.39 is 0 Å². The monoisotopic (exact) mass is 295 g/mol. The number of nitrogens with zero attached hydrogens (tertiary/aromatic N) is 5. The second-order valence-electron chi connectivity index (χ2n) is 4.00. The smallest absolute Gasteiger partial charge is 0.350 e. The van der Waals surface area contributed by atoms with Gasteiger partial charge in [-0.3, -0.25) is 4.98 Å². The second kappa shape index (κ2) is 3.43. The number of rotatable bonds is 0. The van der Waals surface area contributed by atoms with Gasteiger partial charge in [0.15, 0.2) is 5.82 Å². The van der Waals surface area contributed by atoms with Gasteiger partial charge in [-0.15, -0.1) is 0 Å². The summed E-state index contributed by atoms with van der Waals surface area (Å²) >= 11 is 3.46. The van der Waals surface area contributed by atoms with Crippen LogP contribution < -0.4 is 10.6 Å². The Kier molecular flexibility index (Phi) is 2.12. The van der Waals surface area contributed by atoms with E-state index in [1.165, 1.54) is 4.68 Å². The first-order chi connectivity index (χ1) is 8.09. The van der Waals surface area contributed by atoms with Crippen LogP contribution in [0.15, 0.2) is 21.7 Å². The molecule has 0 aliphatic carbocycles. The molecule has 17 heavy (non-hydrogen) atoms. The third-order valence-electron chi connectivity index (χ3n) is 2.85. The van der Waals surface area contributed by atoms with Gasteiger partial charge >= 0.3 is 5.69 Å². The molecule has 0 amide bonds. The van der Waals surface area contributed by atoms with Crippen molar-refractivity contribution in [3.05, 3.63) is 33.2 Å². The highest BCUT2D eigenvalue weighted by Crippen LogP contribution is 2.34. The molecule has 0 N–H and O–H groups in total. The number of aryl methyl sites for hydroxylation is 1. The maximum absolute atomic E-state index is 12.0. The van der Waals surface area contributed by atoms with Crippen molar-refractivity contribution in [2.24, 2.45) is 7.05 Å². The standard InChI is InChI=1S/C10H10BrN5O/c1-14-5-8-13-15(2)10(17)16(8)7-4-12-3-6(11)9(7)14/h3-4H,5H2,1-2H3. The van der Waals surface area contributed by atoms with Gasteiger partial charge in [0.25, 0.3) is 0 Å². The van der Waals surface area contributed by atoms with Gasteiger partial charge in [-0.1, -0.05) is 0 Å². The minimum absolute atomic E-state index is 0.144. The number of hydrogen-bond donors (Lipinski definition) is 0. The third-order valence-corrected chi connectivity index (χ3v) is 3.43. The Labute approximate surface area is 106 Å². The molecule has 0 fully saturated rings. The molecule has 2 aromatic heterocycles. The van der Waals surface area contributed by atoms with Gasteiger partial charge in [0.05, 0.1) is 28.6 Å². The number of aromatic nitrogens is 4. The van der Waals surface area contributed by atoms with Crippen LogP contribution in [0, 0.1) is 0 Å². The van der Waals surface area contributed by atoms with Gasteiger partial charge in [-0.2, -0.15) is 5.10 Å². The molecule has 0 saturated heterocycles.